The van der Waals surface area contributed by atoms with Gasteiger partial charge in [0.25, 0.3) is 0 Å². The molecule has 5 heteroatoms. The average molecular weight is 316 g/mol. The van der Waals surface area contributed by atoms with Crippen molar-refractivity contribution < 1.29 is 8.42 Å². The van der Waals surface area contributed by atoms with Crippen LogP contribution in [0.15, 0.2) is 41.4 Å². The Morgan fingerprint density at radius 3 is 2.77 bits per heavy atom. The van der Waals surface area contributed by atoms with Crippen molar-refractivity contribution in [2.45, 2.75) is 43.0 Å². The molecule has 1 fully saturated rings. The molecule has 1 N–H and O–H groups in total. The lowest BCUT2D eigenvalue weighted by Gasteiger charge is -2.23. The molecule has 2 aliphatic rings. The monoisotopic (exact) mass is 316 g/mol. The van der Waals surface area contributed by atoms with Crippen LogP contribution in [0.3, 0.4) is 0 Å². The summed E-state index contributed by atoms with van der Waals surface area (Å²) in [6.45, 7) is 0.600. The molecular weight excluding hydrogens is 296 g/mol. The number of sulfonamides is 1. The zero-order valence-electron chi connectivity index (χ0n) is 12.5. The molecule has 1 aromatic carbocycles. The minimum Gasteiger partial charge on any atom is -0.364 e. The fourth-order valence-electron chi connectivity index (χ4n) is 3.73. The SMILES string of the molecule is O=S(=O)(c1ccc2c(c1)CCC2)N1CCCC1c1ccc[nH]1. The number of nitrogens with one attached hydrogen (secondary N) is 1. The van der Waals surface area contributed by atoms with Crippen LogP contribution in [0.5, 0.6) is 0 Å². The summed E-state index contributed by atoms with van der Waals surface area (Å²) in [5, 5.41) is 0. The lowest BCUT2D eigenvalue weighted by Crippen LogP contribution is -2.31. The second-order valence-electron chi connectivity index (χ2n) is 6.18. The van der Waals surface area contributed by atoms with Crippen molar-refractivity contribution >= 4 is 10.0 Å². The van der Waals surface area contributed by atoms with Gasteiger partial charge in [-0.05, 0) is 67.5 Å². The van der Waals surface area contributed by atoms with Gasteiger partial charge in [0.05, 0.1) is 10.9 Å². The Morgan fingerprint density at radius 1 is 1.09 bits per heavy atom. The van der Waals surface area contributed by atoms with Crippen molar-refractivity contribution in [2.75, 3.05) is 6.54 Å². The average Bonchev–Trinajstić information content (AvgIpc) is 3.25. The van der Waals surface area contributed by atoms with Crippen LogP contribution in [0.25, 0.3) is 0 Å². The van der Waals surface area contributed by atoms with Gasteiger partial charge in [-0.2, -0.15) is 4.31 Å². The van der Waals surface area contributed by atoms with E-state index in [-0.39, 0.29) is 6.04 Å². The Bertz CT molecular complexity index is 781. The number of hydrogen-bond donors (Lipinski definition) is 1. The fourth-order valence-corrected chi connectivity index (χ4v) is 5.46. The number of nitrogens with zero attached hydrogens (tertiary/aromatic N) is 1. The molecule has 0 bridgehead atoms. The molecule has 1 unspecified atom stereocenters. The van der Waals surface area contributed by atoms with E-state index in [2.05, 4.69) is 4.98 Å². The maximum atomic E-state index is 13.1. The quantitative estimate of drug-likeness (QED) is 0.946. The molecule has 2 aromatic rings. The normalized spacial score (nSPS) is 22.1. The molecule has 1 saturated heterocycles. The van der Waals surface area contributed by atoms with Gasteiger partial charge in [0, 0.05) is 18.4 Å². The van der Waals surface area contributed by atoms with Gasteiger partial charge in [-0.15, -0.1) is 0 Å². The zero-order valence-corrected chi connectivity index (χ0v) is 13.3. The standard InChI is InChI=1S/C17H20N2O2S/c20-22(21,15-9-8-13-4-1-5-14(13)12-15)19-11-3-7-17(19)16-6-2-10-18-16/h2,6,8-10,12,17-18H,1,3-5,7,11H2. The molecule has 22 heavy (non-hydrogen) atoms. The summed E-state index contributed by atoms with van der Waals surface area (Å²) < 4.78 is 27.8. The van der Waals surface area contributed by atoms with E-state index in [1.54, 1.807) is 10.4 Å². The topological polar surface area (TPSA) is 53.2 Å². The van der Waals surface area contributed by atoms with E-state index in [1.165, 1.54) is 11.1 Å². The third-order valence-electron chi connectivity index (χ3n) is 4.86. The molecule has 1 aliphatic carbocycles. The van der Waals surface area contributed by atoms with E-state index in [0.717, 1.165) is 37.8 Å². The third-order valence-corrected chi connectivity index (χ3v) is 6.77. The largest absolute Gasteiger partial charge is 0.364 e. The van der Waals surface area contributed by atoms with Crippen LogP contribution in [-0.2, 0) is 22.9 Å². The Hall–Kier alpha value is -1.59. The summed E-state index contributed by atoms with van der Waals surface area (Å²) in [4.78, 5) is 3.62. The van der Waals surface area contributed by atoms with Crippen molar-refractivity contribution in [3.05, 3.63) is 53.3 Å². The summed E-state index contributed by atoms with van der Waals surface area (Å²) in [5.41, 5.74) is 3.50. The predicted octanol–water partition coefficient (Wildman–Crippen LogP) is 3.03. The van der Waals surface area contributed by atoms with Gasteiger partial charge in [-0.3, -0.25) is 0 Å². The highest BCUT2D eigenvalue weighted by Crippen LogP contribution is 2.36. The Morgan fingerprint density at radius 2 is 1.95 bits per heavy atom. The second-order valence-corrected chi connectivity index (χ2v) is 8.07. The van der Waals surface area contributed by atoms with Crippen molar-refractivity contribution in [1.29, 1.82) is 0 Å². The molecule has 2 heterocycles. The molecule has 1 aromatic heterocycles. The zero-order chi connectivity index (χ0) is 15.2. The molecule has 1 aliphatic heterocycles. The van der Waals surface area contributed by atoms with Crippen LogP contribution in [0.4, 0.5) is 0 Å². The molecule has 0 amide bonds. The van der Waals surface area contributed by atoms with Crippen molar-refractivity contribution in [2.24, 2.45) is 0 Å². The van der Waals surface area contributed by atoms with Crippen molar-refractivity contribution in [1.82, 2.24) is 9.29 Å². The smallest absolute Gasteiger partial charge is 0.243 e. The predicted molar refractivity (Wildman–Crippen MR) is 85.1 cm³/mol. The van der Waals surface area contributed by atoms with Gasteiger partial charge in [-0.25, -0.2) is 8.42 Å². The van der Waals surface area contributed by atoms with E-state index in [0.29, 0.717) is 11.4 Å². The number of aryl methyl sites for hydroxylation is 2. The van der Waals surface area contributed by atoms with Gasteiger partial charge in [0.2, 0.25) is 10.0 Å². The minimum absolute atomic E-state index is 0.0618. The first-order valence-electron chi connectivity index (χ1n) is 7.93. The number of aromatic nitrogens is 1. The second kappa shape index (κ2) is 5.25. The molecular formula is C17H20N2O2S. The molecule has 1 atom stereocenters. The summed E-state index contributed by atoms with van der Waals surface area (Å²) in [7, 11) is -3.42. The van der Waals surface area contributed by atoms with E-state index < -0.39 is 10.0 Å². The van der Waals surface area contributed by atoms with Crippen molar-refractivity contribution in [3.63, 3.8) is 0 Å². The summed E-state index contributed by atoms with van der Waals surface area (Å²) in [5.74, 6) is 0. The minimum atomic E-state index is -3.42. The number of fused-ring (bicyclic) bond motifs is 1. The van der Waals surface area contributed by atoms with Gasteiger partial charge >= 0.3 is 0 Å². The third kappa shape index (κ3) is 2.20. The first-order valence-corrected chi connectivity index (χ1v) is 9.37. The number of H-pyrrole nitrogens is 1. The number of aromatic amines is 1. The van der Waals surface area contributed by atoms with Gasteiger partial charge in [0.15, 0.2) is 0 Å². The van der Waals surface area contributed by atoms with Crippen LogP contribution in [0.2, 0.25) is 0 Å². The van der Waals surface area contributed by atoms with Gasteiger partial charge in [0.1, 0.15) is 0 Å². The molecule has 0 radical (unpaired) electrons. The van der Waals surface area contributed by atoms with E-state index >= 15 is 0 Å². The number of rotatable bonds is 3. The first-order chi connectivity index (χ1) is 10.7. The Balaban J connectivity index is 1.71. The fraction of sp³-hybridized carbons (Fsp3) is 0.412. The van der Waals surface area contributed by atoms with Crippen LogP contribution < -0.4 is 0 Å². The maximum Gasteiger partial charge on any atom is 0.243 e. The number of benzene rings is 1. The molecule has 4 nitrogen and oxygen atoms in total. The lowest BCUT2D eigenvalue weighted by molar-refractivity contribution is 0.391. The van der Waals surface area contributed by atoms with Crippen LogP contribution >= 0.6 is 0 Å². The summed E-state index contributed by atoms with van der Waals surface area (Å²) in [6, 6.07) is 9.50. The molecule has 0 spiro atoms. The highest BCUT2D eigenvalue weighted by molar-refractivity contribution is 7.89. The van der Waals surface area contributed by atoms with E-state index in [4.69, 9.17) is 0 Å². The van der Waals surface area contributed by atoms with Crippen molar-refractivity contribution in [3.8, 4) is 0 Å². The first kappa shape index (κ1) is 14.0. The number of hydrogen-bond acceptors (Lipinski definition) is 2. The molecule has 0 saturated carbocycles. The van der Waals surface area contributed by atoms with Crippen LogP contribution in [-0.4, -0.2) is 24.3 Å². The summed E-state index contributed by atoms with van der Waals surface area (Å²) >= 11 is 0. The van der Waals surface area contributed by atoms with Crippen LogP contribution in [0, 0.1) is 0 Å². The van der Waals surface area contributed by atoms with Gasteiger partial charge < -0.3 is 4.98 Å². The van der Waals surface area contributed by atoms with E-state index in [9.17, 15) is 8.42 Å². The van der Waals surface area contributed by atoms with Gasteiger partial charge in [-0.1, -0.05) is 6.07 Å². The Labute approximate surface area is 131 Å². The lowest BCUT2D eigenvalue weighted by atomic mass is 10.1. The molecule has 4 rings (SSSR count). The van der Waals surface area contributed by atoms with E-state index in [1.807, 2.05) is 30.5 Å². The highest BCUT2D eigenvalue weighted by Gasteiger charge is 2.36. The Kier molecular flexibility index (Phi) is 3.35. The van der Waals surface area contributed by atoms with Crippen LogP contribution in [0.1, 0.15) is 42.1 Å². The molecule has 116 valence electrons. The summed E-state index contributed by atoms with van der Waals surface area (Å²) in [6.07, 6.45) is 6.85. The highest BCUT2D eigenvalue weighted by atomic mass is 32.2. The maximum absolute atomic E-state index is 13.1.